The Morgan fingerprint density at radius 2 is 2.00 bits per heavy atom. The van der Waals surface area contributed by atoms with E-state index in [9.17, 15) is 13.2 Å². The number of carbonyl (C=O) groups excluding carboxylic acids is 1. The van der Waals surface area contributed by atoms with Crippen LogP contribution in [0, 0.1) is 0 Å². The van der Waals surface area contributed by atoms with Gasteiger partial charge in [-0.15, -0.1) is 0 Å². The van der Waals surface area contributed by atoms with E-state index in [0.717, 1.165) is 12.1 Å². The highest BCUT2D eigenvalue weighted by atomic mass is 32.2. The number of nitrogens with one attached hydrogen (secondary N) is 1. The molecule has 1 aliphatic heterocycles. The molecule has 1 unspecified atom stereocenters. The number of amides is 1. The number of hydrogen-bond donors (Lipinski definition) is 1. The van der Waals surface area contributed by atoms with Gasteiger partial charge in [-0.2, -0.15) is 0 Å². The number of hydrogen-bond acceptors (Lipinski definition) is 4. The molecule has 0 aromatic heterocycles. The Hall–Kier alpha value is -1.40. The molecule has 0 spiro atoms. The van der Waals surface area contributed by atoms with Gasteiger partial charge in [0, 0.05) is 24.7 Å². The van der Waals surface area contributed by atoms with Gasteiger partial charge in [0.25, 0.3) is 0 Å². The van der Waals surface area contributed by atoms with Crippen LogP contribution in [0.4, 0.5) is 5.69 Å². The summed E-state index contributed by atoms with van der Waals surface area (Å²) < 4.78 is 22.9. The molecule has 1 fully saturated rings. The second-order valence-electron chi connectivity index (χ2n) is 5.89. The Labute approximate surface area is 132 Å². The minimum Gasteiger partial charge on any atom is -0.326 e. The molecule has 5 nitrogen and oxygen atoms in total. The number of carbonyl (C=O) groups is 1. The zero-order valence-corrected chi connectivity index (χ0v) is 14.0. The van der Waals surface area contributed by atoms with E-state index in [1.54, 1.807) is 0 Å². The maximum atomic E-state index is 12.0. The Bertz CT molecular complexity index is 611. The van der Waals surface area contributed by atoms with Crippen LogP contribution in [0.25, 0.3) is 0 Å². The summed E-state index contributed by atoms with van der Waals surface area (Å²) >= 11 is 0. The highest BCUT2D eigenvalue weighted by molar-refractivity contribution is 7.91. The lowest BCUT2D eigenvalue weighted by Crippen LogP contribution is -2.35. The summed E-state index contributed by atoms with van der Waals surface area (Å²) in [4.78, 5) is 13.9. The fourth-order valence-electron chi connectivity index (χ4n) is 2.63. The van der Waals surface area contributed by atoms with Crippen molar-refractivity contribution in [3.63, 3.8) is 0 Å². The molecule has 22 heavy (non-hydrogen) atoms. The summed E-state index contributed by atoms with van der Waals surface area (Å²) in [6.07, 6.45) is 2.00. The fourth-order valence-corrected chi connectivity index (χ4v) is 4.44. The number of anilines is 1. The quantitative estimate of drug-likeness (QED) is 0.865. The minimum atomic E-state index is -2.88. The summed E-state index contributed by atoms with van der Waals surface area (Å²) in [5, 5.41) is 2.87. The van der Waals surface area contributed by atoms with Crippen LogP contribution in [-0.4, -0.2) is 50.4 Å². The third kappa shape index (κ3) is 4.81. The van der Waals surface area contributed by atoms with Crippen LogP contribution >= 0.6 is 0 Å². The van der Waals surface area contributed by atoms with Crippen molar-refractivity contribution in [2.75, 3.05) is 30.4 Å². The smallest absolute Gasteiger partial charge is 0.225 e. The monoisotopic (exact) mass is 324 g/mol. The molecule has 1 saturated heterocycles. The molecule has 0 radical (unpaired) electrons. The Kier molecular flexibility index (Phi) is 5.58. The Morgan fingerprint density at radius 1 is 1.32 bits per heavy atom. The van der Waals surface area contributed by atoms with E-state index in [1.165, 1.54) is 5.56 Å². The maximum absolute atomic E-state index is 12.0. The summed E-state index contributed by atoms with van der Waals surface area (Å²) in [6.45, 7) is 2.66. The van der Waals surface area contributed by atoms with Gasteiger partial charge in [-0.3, -0.25) is 4.79 Å². The van der Waals surface area contributed by atoms with Crippen molar-refractivity contribution >= 4 is 21.4 Å². The van der Waals surface area contributed by atoms with Crippen LogP contribution in [0.1, 0.15) is 25.3 Å². The summed E-state index contributed by atoms with van der Waals surface area (Å²) in [7, 11) is -0.993. The summed E-state index contributed by atoms with van der Waals surface area (Å²) in [5.74, 6) is 0.429. The highest BCUT2D eigenvalue weighted by Crippen LogP contribution is 2.17. The maximum Gasteiger partial charge on any atom is 0.225 e. The van der Waals surface area contributed by atoms with Crippen molar-refractivity contribution in [2.24, 2.45) is 0 Å². The molecule has 1 aromatic carbocycles. The molecule has 1 aromatic rings. The van der Waals surface area contributed by atoms with Crippen LogP contribution in [0.15, 0.2) is 24.3 Å². The molecular formula is C16H24N2O3S. The summed E-state index contributed by atoms with van der Waals surface area (Å²) in [6, 6.07) is 7.87. The van der Waals surface area contributed by atoms with Crippen molar-refractivity contribution in [1.29, 1.82) is 0 Å². The predicted molar refractivity (Wildman–Crippen MR) is 88.8 cm³/mol. The standard InChI is InChI=1S/C16H24N2O3S/c1-3-13-4-6-14(7-5-13)17-16(19)8-10-18(2)15-9-11-22(20,21)12-15/h4-7,15H,3,8-12H2,1-2H3,(H,17,19). The van der Waals surface area contributed by atoms with Gasteiger partial charge in [-0.05, 0) is 37.6 Å². The van der Waals surface area contributed by atoms with Crippen LogP contribution < -0.4 is 5.32 Å². The second-order valence-corrected chi connectivity index (χ2v) is 8.11. The zero-order valence-electron chi connectivity index (χ0n) is 13.2. The van der Waals surface area contributed by atoms with Gasteiger partial charge in [0.15, 0.2) is 9.84 Å². The molecule has 6 heteroatoms. The molecular weight excluding hydrogens is 300 g/mol. The normalized spacial score (nSPS) is 20.2. The van der Waals surface area contributed by atoms with E-state index in [0.29, 0.717) is 19.4 Å². The largest absolute Gasteiger partial charge is 0.326 e. The lowest BCUT2D eigenvalue weighted by atomic mass is 10.1. The van der Waals surface area contributed by atoms with Crippen molar-refractivity contribution in [3.8, 4) is 0 Å². The SMILES string of the molecule is CCc1ccc(NC(=O)CCN(C)C2CCS(=O)(=O)C2)cc1. The molecule has 1 amide bonds. The van der Waals surface area contributed by atoms with E-state index in [-0.39, 0.29) is 23.5 Å². The van der Waals surface area contributed by atoms with Crippen molar-refractivity contribution in [1.82, 2.24) is 4.90 Å². The molecule has 0 bridgehead atoms. The third-order valence-electron chi connectivity index (χ3n) is 4.17. The van der Waals surface area contributed by atoms with E-state index in [2.05, 4.69) is 12.2 Å². The fraction of sp³-hybridized carbons (Fsp3) is 0.562. The highest BCUT2D eigenvalue weighted by Gasteiger charge is 2.30. The van der Waals surface area contributed by atoms with Crippen molar-refractivity contribution < 1.29 is 13.2 Å². The van der Waals surface area contributed by atoms with E-state index in [4.69, 9.17) is 0 Å². The molecule has 0 saturated carbocycles. The van der Waals surface area contributed by atoms with Crippen LogP contribution in [-0.2, 0) is 21.1 Å². The summed E-state index contributed by atoms with van der Waals surface area (Å²) in [5.41, 5.74) is 2.04. The minimum absolute atomic E-state index is 0.0432. The van der Waals surface area contributed by atoms with Crippen molar-refractivity contribution in [3.05, 3.63) is 29.8 Å². The molecule has 1 atom stereocenters. The van der Waals surface area contributed by atoms with Crippen molar-refractivity contribution in [2.45, 2.75) is 32.2 Å². The average Bonchev–Trinajstić information content (AvgIpc) is 2.86. The average molecular weight is 324 g/mol. The number of benzene rings is 1. The van der Waals surface area contributed by atoms with E-state index >= 15 is 0 Å². The molecule has 1 aliphatic rings. The van der Waals surface area contributed by atoms with Gasteiger partial charge in [-0.1, -0.05) is 19.1 Å². The molecule has 2 rings (SSSR count). The predicted octanol–water partition coefficient (Wildman–Crippen LogP) is 1.70. The number of rotatable bonds is 6. The first-order valence-corrected chi connectivity index (χ1v) is 9.51. The van der Waals surface area contributed by atoms with Crippen LogP contribution in [0.2, 0.25) is 0 Å². The van der Waals surface area contributed by atoms with Crippen LogP contribution in [0.3, 0.4) is 0 Å². The number of aryl methyl sites for hydroxylation is 1. The number of nitrogens with zero attached hydrogens (tertiary/aromatic N) is 1. The topological polar surface area (TPSA) is 66.5 Å². The van der Waals surface area contributed by atoms with Gasteiger partial charge in [0.05, 0.1) is 11.5 Å². The second kappa shape index (κ2) is 7.24. The Morgan fingerprint density at radius 3 is 2.55 bits per heavy atom. The number of sulfone groups is 1. The van der Waals surface area contributed by atoms with Gasteiger partial charge in [0.1, 0.15) is 0 Å². The van der Waals surface area contributed by atoms with Gasteiger partial charge >= 0.3 is 0 Å². The zero-order chi connectivity index (χ0) is 16.2. The molecule has 122 valence electrons. The Balaban J connectivity index is 1.77. The van der Waals surface area contributed by atoms with Gasteiger partial charge in [-0.25, -0.2) is 8.42 Å². The first-order valence-electron chi connectivity index (χ1n) is 7.69. The third-order valence-corrected chi connectivity index (χ3v) is 5.92. The lowest BCUT2D eigenvalue weighted by Gasteiger charge is -2.22. The molecule has 1 heterocycles. The van der Waals surface area contributed by atoms with Crippen LogP contribution in [0.5, 0.6) is 0 Å². The molecule has 0 aliphatic carbocycles. The lowest BCUT2D eigenvalue weighted by molar-refractivity contribution is -0.116. The van der Waals surface area contributed by atoms with E-state index in [1.807, 2.05) is 36.2 Å². The first-order chi connectivity index (χ1) is 10.4. The first kappa shape index (κ1) is 17.0. The van der Waals surface area contributed by atoms with Gasteiger partial charge in [0.2, 0.25) is 5.91 Å². The van der Waals surface area contributed by atoms with E-state index < -0.39 is 9.84 Å². The molecule has 1 N–H and O–H groups in total. The van der Waals surface area contributed by atoms with Gasteiger partial charge < -0.3 is 10.2 Å².